The third-order valence-corrected chi connectivity index (χ3v) is 7.86. The Morgan fingerprint density at radius 3 is 2.37 bits per heavy atom. The Hall–Kier alpha value is -4.50. The molecule has 0 aliphatic rings. The first kappa shape index (κ1) is 32.9. The molecule has 2 atom stereocenters. The molecule has 2 aromatic heterocycles. The van der Waals surface area contributed by atoms with Gasteiger partial charge in [0.25, 0.3) is 5.56 Å². The van der Waals surface area contributed by atoms with E-state index in [0.717, 1.165) is 24.3 Å². The molecule has 15 heteroatoms. The molecule has 0 radical (unpaired) electrons. The summed E-state index contributed by atoms with van der Waals surface area (Å²) >= 11 is 4.81. The number of benzene rings is 3. The van der Waals surface area contributed by atoms with E-state index < -0.39 is 46.2 Å². The maximum Gasteiger partial charge on any atom is 0.267 e. The monoisotopic (exact) mass is 671 g/mol. The molecule has 0 saturated carbocycles. The Kier molecular flexibility index (Phi) is 9.63. The van der Waals surface area contributed by atoms with Crippen LogP contribution in [0.3, 0.4) is 0 Å². The van der Waals surface area contributed by atoms with Crippen LogP contribution in [-0.4, -0.2) is 45.3 Å². The van der Waals surface area contributed by atoms with Crippen LogP contribution in [0.4, 0.5) is 23.2 Å². The van der Waals surface area contributed by atoms with E-state index in [2.05, 4.69) is 20.0 Å². The van der Waals surface area contributed by atoms with E-state index in [4.69, 9.17) is 22.3 Å². The van der Waals surface area contributed by atoms with Crippen LogP contribution in [0, 0.1) is 23.3 Å². The van der Waals surface area contributed by atoms with Crippen molar-refractivity contribution < 1.29 is 22.1 Å². The Morgan fingerprint density at radius 2 is 1.74 bits per heavy atom. The van der Waals surface area contributed by atoms with E-state index in [1.54, 1.807) is 14.1 Å². The molecule has 4 N–H and O–H groups in total. The summed E-state index contributed by atoms with van der Waals surface area (Å²) in [7, 11) is 3.14. The van der Waals surface area contributed by atoms with Gasteiger partial charge in [0, 0.05) is 24.7 Å². The minimum atomic E-state index is -1.68. The highest BCUT2D eigenvalue weighted by molar-refractivity contribution is 7.89. The lowest BCUT2D eigenvalue weighted by atomic mass is 10.0. The predicted octanol–water partition coefficient (Wildman–Crippen LogP) is 5.20. The molecule has 0 saturated heterocycles. The number of pyridine rings is 1. The van der Waals surface area contributed by atoms with Gasteiger partial charge in [-0.15, -0.1) is 0 Å². The van der Waals surface area contributed by atoms with E-state index in [1.165, 1.54) is 41.2 Å². The number of hydrogen-bond acceptors (Lipinski definition) is 7. The van der Waals surface area contributed by atoms with Crippen molar-refractivity contribution in [3.8, 4) is 16.9 Å². The molecule has 0 aliphatic carbocycles. The maximum atomic E-state index is 14.7. The van der Waals surface area contributed by atoms with Crippen molar-refractivity contribution in [3.63, 3.8) is 0 Å². The van der Waals surface area contributed by atoms with Crippen LogP contribution in [0.25, 0.3) is 28.0 Å². The van der Waals surface area contributed by atoms with Gasteiger partial charge in [-0.2, -0.15) is 0 Å². The summed E-state index contributed by atoms with van der Waals surface area (Å²) in [5.74, 6) is -3.30. The predicted molar refractivity (Wildman–Crippen MR) is 172 cm³/mol. The van der Waals surface area contributed by atoms with Crippen LogP contribution >= 0.6 is 11.6 Å². The number of halogens is 5. The lowest BCUT2D eigenvalue weighted by Crippen LogP contribution is -2.32. The second kappa shape index (κ2) is 13.5. The Bertz CT molecular complexity index is 2040. The standard InChI is InChI=1S/C31H26ClF4N7O2S/c1-38-24(12-15-10-17(34)13-18(35)11-15)30-41-29-20(6-8-23(40-29)19-5-4-16(33)14-22(19)36)31(44)43(30)25-9-7-21(32)26(27(25)39-2)28(37)42-46(3)45/h4-11,13-14,24,38-39H,12H2,1-3H3,(H2,37,42). The number of fused-ring (bicyclic) bond motifs is 1. The molecule has 2 unspecified atom stereocenters. The van der Waals surface area contributed by atoms with Crippen LogP contribution in [0.2, 0.25) is 5.02 Å². The molecule has 9 nitrogen and oxygen atoms in total. The molecule has 238 valence electrons. The number of rotatable bonds is 9. The molecule has 46 heavy (non-hydrogen) atoms. The first-order chi connectivity index (χ1) is 21.9. The van der Waals surface area contributed by atoms with Gasteiger partial charge in [-0.1, -0.05) is 11.6 Å². The maximum absolute atomic E-state index is 14.7. The fraction of sp³-hybridized carbons (Fsp3) is 0.161. The lowest BCUT2D eigenvalue weighted by Gasteiger charge is -2.24. The average Bonchev–Trinajstić information content (AvgIpc) is 2.98. The lowest BCUT2D eigenvalue weighted by molar-refractivity contribution is 0.531. The number of aromatic nitrogens is 3. The highest BCUT2D eigenvalue weighted by Crippen LogP contribution is 2.33. The van der Waals surface area contributed by atoms with Crippen molar-refractivity contribution in [2.45, 2.75) is 12.5 Å². The van der Waals surface area contributed by atoms with Gasteiger partial charge in [0.05, 0.1) is 50.4 Å². The first-order valence-corrected chi connectivity index (χ1v) is 15.5. The zero-order chi connectivity index (χ0) is 33.3. The topological polar surface area (TPSA) is 133 Å². The summed E-state index contributed by atoms with van der Waals surface area (Å²) in [6.07, 6.45) is 1.30. The van der Waals surface area contributed by atoms with Gasteiger partial charge < -0.3 is 20.9 Å². The number of nitrogens with one attached hydrogen (secondary N) is 2. The summed E-state index contributed by atoms with van der Waals surface area (Å²) in [6.45, 7) is 0. The van der Waals surface area contributed by atoms with Crippen LogP contribution in [-0.2, 0) is 17.8 Å². The molecule has 0 bridgehead atoms. The number of nitrogens with zero attached hydrogens (tertiary/aromatic N) is 4. The molecule has 2 heterocycles. The zero-order valence-electron chi connectivity index (χ0n) is 24.5. The van der Waals surface area contributed by atoms with Crippen molar-refractivity contribution >= 4 is 45.5 Å². The second-order valence-electron chi connectivity index (χ2n) is 10.1. The van der Waals surface area contributed by atoms with Gasteiger partial charge in [0.2, 0.25) is 0 Å². The Balaban J connectivity index is 1.82. The fourth-order valence-electron chi connectivity index (χ4n) is 5.12. The molecular weight excluding hydrogens is 646 g/mol. The molecule has 0 fully saturated rings. The molecule has 0 spiro atoms. The van der Waals surface area contributed by atoms with E-state index in [9.17, 15) is 26.9 Å². The number of anilines is 1. The Morgan fingerprint density at radius 1 is 1.02 bits per heavy atom. The third kappa shape index (κ3) is 6.56. The van der Waals surface area contributed by atoms with Gasteiger partial charge in [-0.05, 0) is 72.0 Å². The van der Waals surface area contributed by atoms with Crippen LogP contribution in [0.15, 0.2) is 69.9 Å². The minimum absolute atomic E-state index is 0.0147. The number of amidine groups is 1. The molecule has 5 rings (SSSR count). The van der Waals surface area contributed by atoms with Crippen LogP contribution in [0.1, 0.15) is 23.0 Å². The van der Waals surface area contributed by atoms with Gasteiger partial charge in [0.15, 0.2) is 11.5 Å². The van der Waals surface area contributed by atoms with Crippen molar-refractivity contribution in [3.05, 3.63) is 116 Å². The van der Waals surface area contributed by atoms with E-state index >= 15 is 0 Å². The largest absolute Gasteiger partial charge is 0.591 e. The summed E-state index contributed by atoms with van der Waals surface area (Å²) in [4.78, 5) is 23.5. The van der Waals surface area contributed by atoms with Gasteiger partial charge in [0.1, 0.15) is 35.3 Å². The van der Waals surface area contributed by atoms with Gasteiger partial charge in [-0.3, -0.25) is 9.36 Å². The SMILES string of the molecule is CNc1c(-n2c(C(Cc3cc(F)cc(F)c3)NC)nc3nc(-c4ccc(F)cc4F)ccc3c2=O)ccc(Cl)c1C(N)=N[S+](C)[O-]. The van der Waals surface area contributed by atoms with Crippen molar-refractivity contribution in [1.82, 2.24) is 19.9 Å². The zero-order valence-corrected chi connectivity index (χ0v) is 26.1. The summed E-state index contributed by atoms with van der Waals surface area (Å²) < 4.78 is 73.6. The van der Waals surface area contributed by atoms with Gasteiger partial charge in [-0.25, -0.2) is 27.5 Å². The van der Waals surface area contributed by atoms with Gasteiger partial charge >= 0.3 is 0 Å². The molecule has 0 aliphatic heterocycles. The molecular formula is C31H26ClF4N7O2S. The van der Waals surface area contributed by atoms with E-state index in [-0.39, 0.29) is 67.9 Å². The Labute approximate surface area is 268 Å². The second-order valence-corrected chi connectivity index (χ2v) is 11.5. The quantitative estimate of drug-likeness (QED) is 0.0849. The molecule has 5 aromatic rings. The highest BCUT2D eigenvalue weighted by Gasteiger charge is 2.26. The summed E-state index contributed by atoms with van der Waals surface area (Å²) in [6, 6.07) is 11.1. The summed E-state index contributed by atoms with van der Waals surface area (Å²) in [5, 5.41) is 6.22. The summed E-state index contributed by atoms with van der Waals surface area (Å²) in [5.41, 5.74) is 6.48. The smallest absolute Gasteiger partial charge is 0.267 e. The normalized spacial score (nSPS) is 13.2. The molecule has 0 amide bonds. The highest BCUT2D eigenvalue weighted by atomic mass is 35.5. The molecule has 3 aromatic carbocycles. The van der Waals surface area contributed by atoms with Crippen molar-refractivity contribution in [1.29, 1.82) is 0 Å². The van der Waals surface area contributed by atoms with Crippen molar-refractivity contribution in [2.24, 2.45) is 10.1 Å². The third-order valence-electron chi connectivity index (χ3n) is 7.09. The number of likely N-dealkylation sites (N-methyl/N-ethyl adjacent to an activating group) is 1. The van der Waals surface area contributed by atoms with Crippen molar-refractivity contribution in [2.75, 3.05) is 25.7 Å². The average molecular weight is 672 g/mol. The first-order valence-electron chi connectivity index (χ1n) is 13.6. The van der Waals surface area contributed by atoms with Crippen LogP contribution < -0.4 is 21.9 Å². The number of hydrogen-bond donors (Lipinski definition) is 3. The fourth-order valence-corrected chi connectivity index (χ4v) is 5.75. The van der Waals surface area contributed by atoms with E-state index in [0.29, 0.717) is 6.07 Å². The minimum Gasteiger partial charge on any atom is -0.591 e. The van der Waals surface area contributed by atoms with Crippen LogP contribution in [0.5, 0.6) is 0 Å². The van der Waals surface area contributed by atoms with E-state index in [1.807, 2.05) is 0 Å². The number of nitrogens with two attached hydrogens (primary N) is 1.